The van der Waals surface area contributed by atoms with Crippen LogP contribution >= 0.6 is 0 Å². The normalized spacial score (nSPS) is 11.8. The molecule has 6 nitrogen and oxygen atoms in total. The molecule has 0 aliphatic rings. The minimum absolute atomic E-state index is 0.0652. The smallest absolute Gasteiger partial charge is 0.418 e. The first kappa shape index (κ1) is 21.9. The Morgan fingerprint density at radius 1 is 1.07 bits per heavy atom. The first-order valence-electron chi connectivity index (χ1n) is 10.1. The van der Waals surface area contributed by atoms with Crippen molar-refractivity contribution in [1.29, 1.82) is 0 Å². The lowest BCUT2D eigenvalue weighted by Crippen LogP contribution is -2.09. The summed E-state index contributed by atoms with van der Waals surface area (Å²) < 4.78 is 52.4. The Labute approximate surface area is 172 Å². The molecular weight excluding hydrogens is 397 g/mol. The van der Waals surface area contributed by atoms with Crippen LogP contribution in [-0.4, -0.2) is 28.3 Å². The van der Waals surface area contributed by atoms with Crippen molar-refractivity contribution in [1.82, 2.24) is 15.2 Å². The number of anilines is 1. The number of unbranched alkanes of at least 4 members (excludes halogenated alkanes) is 2. The van der Waals surface area contributed by atoms with Gasteiger partial charge in [0.2, 0.25) is 0 Å². The third kappa shape index (κ3) is 5.01. The standard InChI is InChI=1S/C21H25F3N4O2/c1-4-6-8-25-20-28-27-19(30-20)17-10-13(3)15-11-14(29-9-7-5-2)12-16(18(15)26-17)21(22,23)24/h10-12H,4-9H2,1-3H3,(H,25,28). The number of nitrogens with zero attached hydrogens (tertiary/aromatic N) is 3. The summed E-state index contributed by atoms with van der Waals surface area (Å²) in [5.41, 5.74) is -0.211. The summed E-state index contributed by atoms with van der Waals surface area (Å²) in [6.07, 6.45) is -0.987. The fourth-order valence-corrected chi connectivity index (χ4v) is 2.98. The van der Waals surface area contributed by atoms with Gasteiger partial charge in [0, 0.05) is 11.9 Å². The van der Waals surface area contributed by atoms with Gasteiger partial charge in [-0.3, -0.25) is 0 Å². The zero-order valence-electron chi connectivity index (χ0n) is 17.3. The number of benzene rings is 1. The molecule has 3 rings (SSSR count). The molecule has 0 amide bonds. The van der Waals surface area contributed by atoms with E-state index < -0.39 is 11.7 Å². The molecule has 162 valence electrons. The summed E-state index contributed by atoms with van der Waals surface area (Å²) in [6, 6.07) is 4.45. The van der Waals surface area contributed by atoms with Gasteiger partial charge in [0.05, 0.1) is 17.7 Å². The van der Waals surface area contributed by atoms with Gasteiger partial charge in [-0.15, -0.1) is 5.10 Å². The second kappa shape index (κ2) is 9.32. The van der Waals surface area contributed by atoms with Crippen molar-refractivity contribution in [3.8, 4) is 17.3 Å². The number of rotatable bonds is 9. The van der Waals surface area contributed by atoms with Crippen molar-refractivity contribution in [2.45, 2.75) is 52.6 Å². The highest BCUT2D eigenvalue weighted by Crippen LogP contribution is 2.39. The van der Waals surface area contributed by atoms with Crippen LogP contribution in [0.1, 0.15) is 50.7 Å². The van der Waals surface area contributed by atoms with Crippen LogP contribution in [0, 0.1) is 6.92 Å². The summed E-state index contributed by atoms with van der Waals surface area (Å²) in [6.45, 7) is 6.80. The molecule has 30 heavy (non-hydrogen) atoms. The van der Waals surface area contributed by atoms with E-state index in [1.165, 1.54) is 0 Å². The number of pyridine rings is 1. The maximum absolute atomic E-state index is 13.8. The Kier molecular flexibility index (Phi) is 6.79. The van der Waals surface area contributed by atoms with Crippen molar-refractivity contribution in [2.75, 3.05) is 18.5 Å². The molecule has 0 bridgehead atoms. The Balaban J connectivity index is 2.02. The molecule has 0 spiro atoms. The monoisotopic (exact) mass is 422 g/mol. The van der Waals surface area contributed by atoms with E-state index in [0.29, 0.717) is 24.1 Å². The molecule has 9 heteroatoms. The minimum atomic E-state index is -4.58. The maximum atomic E-state index is 13.8. The van der Waals surface area contributed by atoms with Gasteiger partial charge in [-0.25, -0.2) is 4.98 Å². The van der Waals surface area contributed by atoms with Crippen molar-refractivity contribution in [3.63, 3.8) is 0 Å². The van der Waals surface area contributed by atoms with E-state index in [9.17, 15) is 13.2 Å². The molecule has 0 saturated heterocycles. The van der Waals surface area contributed by atoms with Crippen molar-refractivity contribution in [2.24, 2.45) is 0 Å². The van der Waals surface area contributed by atoms with Gasteiger partial charge in [0.1, 0.15) is 11.4 Å². The molecular formula is C21H25F3N4O2. The van der Waals surface area contributed by atoms with Crippen LogP contribution < -0.4 is 10.1 Å². The van der Waals surface area contributed by atoms with Crippen LogP contribution in [0.2, 0.25) is 0 Å². The second-order valence-corrected chi connectivity index (χ2v) is 7.08. The number of alkyl halides is 3. The van der Waals surface area contributed by atoms with E-state index in [4.69, 9.17) is 9.15 Å². The molecule has 1 N–H and O–H groups in total. The molecule has 0 aliphatic heterocycles. The number of hydrogen-bond donors (Lipinski definition) is 1. The zero-order chi connectivity index (χ0) is 21.7. The van der Waals surface area contributed by atoms with E-state index in [1.54, 1.807) is 19.1 Å². The largest absolute Gasteiger partial charge is 0.494 e. The van der Waals surface area contributed by atoms with Gasteiger partial charge in [0.15, 0.2) is 0 Å². The highest BCUT2D eigenvalue weighted by molar-refractivity contribution is 5.88. The predicted molar refractivity (Wildman–Crippen MR) is 109 cm³/mol. The van der Waals surface area contributed by atoms with Crippen LogP contribution in [0.5, 0.6) is 5.75 Å². The third-order valence-electron chi connectivity index (χ3n) is 4.62. The Bertz CT molecular complexity index is 1000. The van der Waals surface area contributed by atoms with E-state index in [1.807, 2.05) is 6.92 Å². The summed E-state index contributed by atoms with van der Waals surface area (Å²) in [4.78, 5) is 4.22. The third-order valence-corrected chi connectivity index (χ3v) is 4.62. The van der Waals surface area contributed by atoms with Crippen LogP contribution in [0.25, 0.3) is 22.5 Å². The lowest BCUT2D eigenvalue weighted by Gasteiger charge is -2.15. The van der Waals surface area contributed by atoms with Crippen molar-refractivity contribution < 1.29 is 22.3 Å². The van der Waals surface area contributed by atoms with E-state index in [-0.39, 0.29) is 28.9 Å². The topological polar surface area (TPSA) is 73.1 Å². The molecule has 2 heterocycles. The quantitative estimate of drug-likeness (QED) is 0.426. The minimum Gasteiger partial charge on any atom is -0.494 e. The molecule has 2 aromatic heterocycles. The van der Waals surface area contributed by atoms with Gasteiger partial charge >= 0.3 is 12.2 Å². The number of hydrogen-bond acceptors (Lipinski definition) is 6. The van der Waals surface area contributed by atoms with Crippen molar-refractivity contribution in [3.05, 3.63) is 29.3 Å². The van der Waals surface area contributed by atoms with Crippen LogP contribution in [0.3, 0.4) is 0 Å². The first-order chi connectivity index (χ1) is 14.3. The molecule has 0 atom stereocenters. The van der Waals surface area contributed by atoms with Gasteiger partial charge in [-0.2, -0.15) is 13.2 Å². The zero-order valence-corrected chi connectivity index (χ0v) is 17.3. The average Bonchev–Trinajstić information content (AvgIpc) is 3.16. The number of ether oxygens (including phenoxy) is 1. The van der Waals surface area contributed by atoms with Gasteiger partial charge in [0.25, 0.3) is 5.89 Å². The van der Waals surface area contributed by atoms with Gasteiger partial charge < -0.3 is 14.5 Å². The lowest BCUT2D eigenvalue weighted by atomic mass is 10.0. The van der Waals surface area contributed by atoms with Crippen LogP contribution in [0.4, 0.5) is 19.2 Å². The molecule has 0 radical (unpaired) electrons. The molecule has 0 unspecified atom stereocenters. The summed E-state index contributed by atoms with van der Waals surface area (Å²) in [5, 5.41) is 11.2. The second-order valence-electron chi connectivity index (χ2n) is 7.08. The highest BCUT2D eigenvalue weighted by Gasteiger charge is 2.34. The number of aromatic nitrogens is 3. The van der Waals surface area contributed by atoms with Gasteiger partial charge in [-0.1, -0.05) is 31.8 Å². The van der Waals surface area contributed by atoms with Crippen LogP contribution in [0.15, 0.2) is 22.6 Å². The number of halogens is 3. The Hall–Kier alpha value is -2.84. The molecule has 0 fully saturated rings. The maximum Gasteiger partial charge on any atom is 0.418 e. The number of nitrogens with one attached hydrogen (secondary N) is 1. The van der Waals surface area contributed by atoms with E-state index >= 15 is 0 Å². The lowest BCUT2D eigenvalue weighted by molar-refractivity contribution is -0.136. The van der Waals surface area contributed by atoms with Crippen LogP contribution in [-0.2, 0) is 6.18 Å². The number of fused-ring (bicyclic) bond motifs is 1. The van der Waals surface area contributed by atoms with Crippen molar-refractivity contribution >= 4 is 16.9 Å². The Morgan fingerprint density at radius 3 is 2.53 bits per heavy atom. The SMILES string of the molecule is CCCCNc1nnc(-c2cc(C)c3cc(OCCCC)cc(C(F)(F)F)c3n2)o1. The fourth-order valence-electron chi connectivity index (χ4n) is 2.98. The molecule has 3 aromatic rings. The highest BCUT2D eigenvalue weighted by atomic mass is 19.4. The first-order valence-corrected chi connectivity index (χ1v) is 10.1. The Morgan fingerprint density at radius 2 is 1.83 bits per heavy atom. The van der Waals surface area contributed by atoms with Gasteiger partial charge in [-0.05, 0) is 43.5 Å². The summed E-state index contributed by atoms with van der Waals surface area (Å²) in [5.74, 6) is 0.247. The molecule has 1 aromatic carbocycles. The summed E-state index contributed by atoms with van der Waals surface area (Å²) >= 11 is 0. The molecule has 0 aliphatic carbocycles. The molecule has 0 saturated carbocycles. The van der Waals surface area contributed by atoms with E-state index in [0.717, 1.165) is 31.7 Å². The average molecular weight is 422 g/mol. The fraction of sp³-hybridized carbons (Fsp3) is 0.476. The van der Waals surface area contributed by atoms with E-state index in [2.05, 4.69) is 27.4 Å². The predicted octanol–water partition coefficient (Wildman–Crippen LogP) is 6.00. The number of aryl methyl sites for hydroxylation is 1. The summed E-state index contributed by atoms with van der Waals surface area (Å²) in [7, 11) is 0.